The first-order valence-corrected chi connectivity index (χ1v) is 11.1. The molecule has 1 aromatic carbocycles. The molecule has 132 valence electrons. The molecule has 1 rings (SSSR count). The van der Waals surface area contributed by atoms with E-state index in [2.05, 4.69) is 6.92 Å². The summed E-state index contributed by atoms with van der Waals surface area (Å²) in [5, 5.41) is 0. The highest BCUT2D eigenvalue weighted by Crippen LogP contribution is 2.15. The van der Waals surface area contributed by atoms with Crippen LogP contribution in [0.15, 0.2) is 35.2 Å². The number of hydrogen-bond donors (Lipinski definition) is 0. The maximum absolute atomic E-state index is 12.1. The second-order valence-electron chi connectivity index (χ2n) is 6.61. The maximum atomic E-state index is 12.1. The number of unbranched alkanes of at least 4 members (excludes halogenated alkanes) is 12. The van der Waals surface area contributed by atoms with Crippen molar-refractivity contribution in [2.75, 3.05) is 5.75 Å². The van der Waals surface area contributed by atoms with Gasteiger partial charge in [-0.25, -0.2) is 0 Å². The van der Waals surface area contributed by atoms with Crippen LogP contribution in [0.5, 0.6) is 0 Å². The van der Waals surface area contributed by atoms with Gasteiger partial charge in [0.25, 0.3) is 0 Å². The zero-order valence-electron chi connectivity index (χ0n) is 15.1. The highest BCUT2D eigenvalue weighted by molar-refractivity contribution is 7.91. The molecular weight excluding hydrogens is 300 g/mol. The molecule has 0 aliphatic carbocycles. The summed E-state index contributed by atoms with van der Waals surface area (Å²) in [5.41, 5.74) is 0. The Labute approximate surface area is 147 Å². The average Bonchev–Trinajstić information content (AvgIpc) is 2.59. The minimum absolute atomic E-state index is 0.799. The predicted molar refractivity (Wildman–Crippen MR) is 103 cm³/mol. The molecule has 0 aliphatic rings. The zero-order chi connectivity index (χ0) is 16.6. The maximum Gasteiger partial charge on any atom is 0.152 e. The molecule has 2 heteroatoms. The van der Waals surface area contributed by atoms with Gasteiger partial charge < -0.3 is 4.55 Å². The number of hydrogen-bond acceptors (Lipinski definition) is 1. The molecule has 0 amide bonds. The molecule has 0 fully saturated rings. The molecule has 1 aromatic rings. The third-order valence-electron chi connectivity index (χ3n) is 4.44. The Morgan fingerprint density at radius 2 is 1.09 bits per heavy atom. The summed E-state index contributed by atoms with van der Waals surface area (Å²) in [6.07, 6.45) is 17.7. The molecule has 1 atom stereocenters. The SMILES string of the molecule is CCCCCCCCCCCCCCC[S+]([O-])c1ccccc1. The van der Waals surface area contributed by atoms with E-state index in [1.165, 1.54) is 77.0 Å². The highest BCUT2D eigenvalue weighted by Gasteiger charge is 2.08. The Morgan fingerprint density at radius 1 is 0.652 bits per heavy atom. The van der Waals surface area contributed by atoms with Gasteiger partial charge in [0.05, 0.1) is 0 Å². The topological polar surface area (TPSA) is 23.1 Å². The zero-order valence-corrected chi connectivity index (χ0v) is 15.9. The van der Waals surface area contributed by atoms with Gasteiger partial charge in [-0.15, -0.1) is 0 Å². The summed E-state index contributed by atoms with van der Waals surface area (Å²) in [6.45, 7) is 2.28. The van der Waals surface area contributed by atoms with Crippen molar-refractivity contribution in [2.24, 2.45) is 0 Å². The normalized spacial score (nSPS) is 12.4. The first kappa shape index (κ1) is 20.6. The van der Waals surface area contributed by atoms with Gasteiger partial charge in [-0.1, -0.05) is 95.8 Å². The van der Waals surface area contributed by atoms with E-state index < -0.39 is 11.2 Å². The summed E-state index contributed by atoms with van der Waals surface area (Å²) >= 11 is -0.799. The van der Waals surface area contributed by atoms with Crippen molar-refractivity contribution in [1.29, 1.82) is 0 Å². The minimum atomic E-state index is -0.799. The number of benzene rings is 1. The second kappa shape index (κ2) is 15.1. The second-order valence-corrected chi connectivity index (χ2v) is 8.18. The molecule has 0 spiro atoms. The van der Waals surface area contributed by atoms with Crippen molar-refractivity contribution >= 4 is 11.2 Å². The van der Waals surface area contributed by atoms with Crippen molar-refractivity contribution in [3.8, 4) is 0 Å². The lowest BCUT2D eigenvalue weighted by atomic mass is 10.1. The first-order valence-electron chi connectivity index (χ1n) is 9.78. The van der Waals surface area contributed by atoms with E-state index >= 15 is 0 Å². The largest absolute Gasteiger partial charge is 0.611 e. The van der Waals surface area contributed by atoms with Crippen molar-refractivity contribution in [3.63, 3.8) is 0 Å². The Bertz CT molecular complexity index is 352. The molecule has 0 saturated carbocycles. The van der Waals surface area contributed by atoms with E-state index in [1.807, 2.05) is 30.3 Å². The third kappa shape index (κ3) is 11.7. The fourth-order valence-electron chi connectivity index (χ4n) is 2.94. The Morgan fingerprint density at radius 3 is 1.57 bits per heavy atom. The fraction of sp³-hybridized carbons (Fsp3) is 0.714. The summed E-state index contributed by atoms with van der Waals surface area (Å²) < 4.78 is 12.1. The standard InChI is InChI=1S/C21H36OS/c1-2-3-4-5-6-7-8-9-10-11-12-13-17-20-23(22)21-18-15-14-16-19-21/h14-16,18-19H,2-13,17,20H2,1H3. The quantitative estimate of drug-likeness (QED) is 0.253. The van der Waals surface area contributed by atoms with E-state index in [1.54, 1.807) is 0 Å². The Hall–Kier alpha value is -0.470. The summed E-state index contributed by atoms with van der Waals surface area (Å²) in [6, 6.07) is 9.86. The van der Waals surface area contributed by atoms with Crippen LogP contribution in [-0.2, 0) is 11.2 Å². The van der Waals surface area contributed by atoms with Crippen LogP contribution >= 0.6 is 0 Å². The number of rotatable bonds is 15. The van der Waals surface area contributed by atoms with Gasteiger partial charge in [-0.05, 0) is 36.2 Å². The predicted octanol–water partition coefficient (Wildman–Crippen LogP) is 6.89. The van der Waals surface area contributed by atoms with Crippen molar-refractivity contribution < 1.29 is 4.55 Å². The van der Waals surface area contributed by atoms with Crippen molar-refractivity contribution in [3.05, 3.63) is 30.3 Å². The molecule has 23 heavy (non-hydrogen) atoms. The molecule has 0 aliphatic heterocycles. The molecule has 1 unspecified atom stereocenters. The molecule has 0 bridgehead atoms. The van der Waals surface area contributed by atoms with Crippen molar-refractivity contribution in [2.45, 2.75) is 95.3 Å². The van der Waals surface area contributed by atoms with Crippen LogP contribution in [0.1, 0.15) is 90.4 Å². The van der Waals surface area contributed by atoms with Crippen molar-refractivity contribution in [1.82, 2.24) is 0 Å². The smallest absolute Gasteiger partial charge is 0.152 e. The van der Waals surface area contributed by atoms with Gasteiger partial charge in [0.15, 0.2) is 4.90 Å². The van der Waals surface area contributed by atoms with Gasteiger partial charge in [-0.3, -0.25) is 0 Å². The molecular formula is C21H36OS. The molecule has 0 heterocycles. The summed E-state index contributed by atoms with van der Waals surface area (Å²) in [5.74, 6) is 0.821. The van der Waals surface area contributed by atoms with Gasteiger partial charge in [0.1, 0.15) is 5.75 Å². The Kier molecular flexibility index (Phi) is 13.5. The van der Waals surface area contributed by atoms with Crippen LogP contribution in [0.25, 0.3) is 0 Å². The van der Waals surface area contributed by atoms with Gasteiger partial charge in [0, 0.05) is 0 Å². The average molecular weight is 337 g/mol. The van der Waals surface area contributed by atoms with Gasteiger partial charge >= 0.3 is 0 Å². The van der Waals surface area contributed by atoms with Gasteiger partial charge in [0.2, 0.25) is 0 Å². The molecule has 0 radical (unpaired) electrons. The molecule has 0 aromatic heterocycles. The van der Waals surface area contributed by atoms with Crippen LogP contribution in [0.4, 0.5) is 0 Å². The van der Waals surface area contributed by atoms with Crippen LogP contribution in [0.3, 0.4) is 0 Å². The van der Waals surface area contributed by atoms with Crippen LogP contribution in [0, 0.1) is 0 Å². The molecule has 0 N–H and O–H groups in total. The van der Waals surface area contributed by atoms with E-state index in [-0.39, 0.29) is 0 Å². The van der Waals surface area contributed by atoms with Crippen LogP contribution in [-0.4, -0.2) is 10.3 Å². The van der Waals surface area contributed by atoms with Gasteiger partial charge in [-0.2, -0.15) is 0 Å². The van der Waals surface area contributed by atoms with E-state index in [0.717, 1.165) is 17.1 Å². The molecule has 0 saturated heterocycles. The lowest BCUT2D eigenvalue weighted by Crippen LogP contribution is -2.06. The van der Waals surface area contributed by atoms with Crippen LogP contribution in [0.2, 0.25) is 0 Å². The van der Waals surface area contributed by atoms with E-state index in [9.17, 15) is 4.55 Å². The third-order valence-corrected chi connectivity index (χ3v) is 5.90. The Balaban J connectivity index is 1.81. The monoisotopic (exact) mass is 336 g/mol. The molecule has 1 nitrogen and oxygen atoms in total. The van der Waals surface area contributed by atoms with E-state index in [4.69, 9.17) is 0 Å². The minimum Gasteiger partial charge on any atom is -0.611 e. The lowest BCUT2D eigenvalue weighted by Gasteiger charge is -2.09. The van der Waals surface area contributed by atoms with Crippen LogP contribution < -0.4 is 0 Å². The van der Waals surface area contributed by atoms with E-state index in [0.29, 0.717) is 0 Å². The summed E-state index contributed by atoms with van der Waals surface area (Å²) in [7, 11) is 0. The highest BCUT2D eigenvalue weighted by atomic mass is 32.2. The fourth-order valence-corrected chi connectivity index (χ4v) is 4.10. The first-order chi connectivity index (χ1) is 11.3. The summed E-state index contributed by atoms with van der Waals surface area (Å²) in [4.78, 5) is 0.978. The lowest BCUT2D eigenvalue weighted by molar-refractivity contribution is 0.541.